The minimum atomic E-state index is -6.09. The highest BCUT2D eigenvalue weighted by atomic mass is 32.2. The van der Waals surface area contributed by atoms with Crippen molar-refractivity contribution in [3.05, 3.63) is 33.9 Å². The zero-order chi connectivity index (χ0) is 28.2. The van der Waals surface area contributed by atoms with Crippen LogP contribution in [0.15, 0.2) is 16.9 Å². The van der Waals surface area contributed by atoms with Crippen molar-refractivity contribution in [2.24, 2.45) is 5.92 Å². The molecule has 0 bridgehead atoms. The zero-order valence-electron chi connectivity index (χ0n) is 21.3. The summed E-state index contributed by atoms with van der Waals surface area (Å²) >= 11 is 0. The average Bonchev–Trinajstić information content (AvgIpc) is 3.48. The first kappa shape index (κ1) is 28.0. The summed E-state index contributed by atoms with van der Waals surface area (Å²) in [4.78, 5) is 26.6. The second-order valence-electron chi connectivity index (χ2n) is 10.6. The highest BCUT2D eigenvalue weighted by Gasteiger charge is 2.49. The van der Waals surface area contributed by atoms with Gasteiger partial charge in [-0.1, -0.05) is 0 Å². The first-order chi connectivity index (χ1) is 17.5. The van der Waals surface area contributed by atoms with Gasteiger partial charge in [-0.2, -0.15) is 21.6 Å². The van der Waals surface area contributed by atoms with Crippen molar-refractivity contribution in [2.75, 3.05) is 24.5 Å². The number of nitrogens with one attached hydrogen (secondary N) is 1. The van der Waals surface area contributed by atoms with E-state index >= 15 is 4.39 Å². The molecule has 4 rings (SSSR count). The summed E-state index contributed by atoms with van der Waals surface area (Å²) in [6.07, 6.45) is 1.34. The molecular formula is C24H29F4N3O6S. The molecule has 2 heterocycles. The standard InChI is InChI=1S/C24H29F4N3O6S/c1-13-20-16(18(37-38(34,35)24(26,27)28)10-19(32)31(20)15-5-6-15)9-17(25)21(13)30-8-7-14(12-30)11-29-22(33)36-23(2,3)4/h9-10,14-15H,5-8,11-12H2,1-4H3,(H,29,33). The number of anilines is 1. The van der Waals surface area contributed by atoms with E-state index in [1.54, 1.807) is 25.7 Å². The topological polar surface area (TPSA) is 107 Å². The Morgan fingerprint density at radius 3 is 2.39 bits per heavy atom. The predicted octanol–water partition coefficient (Wildman–Crippen LogP) is 4.36. The summed E-state index contributed by atoms with van der Waals surface area (Å²) in [5.74, 6) is -1.71. The van der Waals surface area contributed by atoms with Crippen LogP contribution >= 0.6 is 0 Å². The fourth-order valence-corrected chi connectivity index (χ4v) is 5.16. The lowest BCUT2D eigenvalue weighted by atomic mass is 10.1. The van der Waals surface area contributed by atoms with E-state index in [2.05, 4.69) is 9.50 Å². The van der Waals surface area contributed by atoms with Gasteiger partial charge in [0.15, 0.2) is 5.75 Å². The number of ether oxygens (including phenoxy) is 1. The molecule has 1 aliphatic carbocycles. The van der Waals surface area contributed by atoms with Gasteiger partial charge in [0.05, 0.1) is 11.2 Å². The molecule has 1 unspecified atom stereocenters. The Labute approximate surface area is 216 Å². The van der Waals surface area contributed by atoms with Gasteiger partial charge in [-0.15, -0.1) is 0 Å². The highest BCUT2D eigenvalue weighted by Crippen LogP contribution is 2.43. The van der Waals surface area contributed by atoms with Gasteiger partial charge in [-0.05, 0) is 64.5 Å². The van der Waals surface area contributed by atoms with Gasteiger partial charge in [0.2, 0.25) is 0 Å². The normalized spacial score (nSPS) is 18.6. The summed E-state index contributed by atoms with van der Waals surface area (Å²) in [5, 5.41) is 2.46. The van der Waals surface area contributed by atoms with E-state index in [9.17, 15) is 31.2 Å². The lowest BCUT2D eigenvalue weighted by Gasteiger charge is -2.25. The van der Waals surface area contributed by atoms with Crippen LogP contribution in [0.2, 0.25) is 0 Å². The molecule has 14 heteroatoms. The highest BCUT2D eigenvalue weighted by molar-refractivity contribution is 7.88. The molecule has 1 aliphatic heterocycles. The van der Waals surface area contributed by atoms with Gasteiger partial charge in [-0.3, -0.25) is 4.79 Å². The van der Waals surface area contributed by atoms with E-state index < -0.39 is 44.4 Å². The Morgan fingerprint density at radius 1 is 1.16 bits per heavy atom. The largest absolute Gasteiger partial charge is 0.534 e. The molecule has 38 heavy (non-hydrogen) atoms. The third-order valence-electron chi connectivity index (χ3n) is 6.39. The molecule has 1 amide bonds. The van der Waals surface area contributed by atoms with Crippen molar-refractivity contribution in [1.29, 1.82) is 0 Å². The quantitative estimate of drug-likeness (QED) is 0.316. The van der Waals surface area contributed by atoms with Crippen molar-refractivity contribution in [1.82, 2.24) is 9.88 Å². The number of carbonyl (C=O) groups excluding carboxylic acids is 1. The zero-order valence-corrected chi connectivity index (χ0v) is 22.1. The van der Waals surface area contributed by atoms with Gasteiger partial charge >= 0.3 is 21.7 Å². The number of hydrogen-bond acceptors (Lipinski definition) is 7. The smallest absolute Gasteiger partial charge is 0.444 e. The minimum Gasteiger partial charge on any atom is -0.444 e. The number of pyridine rings is 1. The summed E-state index contributed by atoms with van der Waals surface area (Å²) in [6.45, 7) is 7.84. The van der Waals surface area contributed by atoms with Crippen LogP contribution in [0.5, 0.6) is 5.75 Å². The molecule has 210 valence electrons. The summed E-state index contributed by atoms with van der Waals surface area (Å²) in [5.41, 5.74) is -6.57. The summed E-state index contributed by atoms with van der Waals surface area (Å²) in [7, 11) is -6.09. The van der Waals surface area contributed by atoms with Crippen molar-refractivity contribution < 1.29 is 39.7 Å². The van der Waals surface area contributed by atoms with E-state index in [4.69, 9.17) is 4.74 Å². The Morgan fingerprint density at radius 2 is 1.82 bits per heavy atom. The third kappa shape index (κ3) is 5.69. The Hall–Kier alpha value is -3.03. The molecule has 2 fully saturated rings. The second-order valence-corrected chi connectivity index (χ2v) is 12.2. The number of fused-ring (bicyclic) bond motifs is 1. The maximum Gasteiger partial charge on any atom is 0.534 e. The molecular weight excluding hydrogens is 534 g/mol. The minimum absolute atomic E-state index is 0.0331. The molecule has 0 radical (unpaired) electrons. The van der Waals surface area contributed by atoms with Crippen LogP contribution in [0.3, 0.4) is 0 Å². The number of alkyl halides is 3. The Balaban J connectivity index is 1.69. The lowest BCUT2D eigenvalue weighted by molar-refractivity contribution is -0.0499. The van der Waals surface area contributed by atoms with Crippen molar-refractivity contribution in [2.45, 2.75) is 64.1 Å². The van der Waals surface area contributed by atoms with Gasteiger partial charge in [0.1, 0.15) is 11.4 Å². The van der Waals surface area contributed by atoms with Crippen molar-refractivity contribution >= 4 is 32.8 Å². The molecule has 1 aromatic heterocycles. The van der Waals surface area contributed by atoms with Crippen LogP contribution in [-0.2, 0) is 14.9 Å². The van der Waals surface area contributed by atoms with Crippen LogP contribution < -0.4 is 20.0 Å². The van der Waals surface area contributed by atoms with Gasteiger partial charge in [0.25, 0.3) is 5.56 Å². The average molecular weight is 564 g/mol. The van der Waals surface area contributed by atoms with Crippen LogP contribution in [0, 0.1) is 18.7 Å². The van der Waals surface area contributed by atoms with Crippen LogP contribution in [0.1, 0.15) is 51.6 Å². The number of alkyl carbamates (subject to hydrolysis) is 1. The maximum atomic E-state index is 15.5. The molecule has 1 saturated heterocycles. The van der Waals surface area contributed by atoms with Crippen LogP contribution in [-0.4, -0.2) is 49.8 Å². The van der Waals surface area contributed by atoms with E-state index in [0.717, 1.165) is 6.07 Å². The van der Waals surface area contributed by atoms with E-state index in [-0.39, 0.29) is 34.1 Å². The Bertz CT molecular complexity index is 1430. The summed E-state index contributed by atoms with van der Waals surface area (Å²) in [6, 6.07) is 1.32. The van der Waals surface area contributed by atoms with Crippen molar-refractivity contribution in [3.8, 4) is 5.75 Å². The third-order valence-corrected chi connectivity index (χ3v) is 7.36. The van der Waals surface area contributed by atoms with Gasteiger partial charge in [-0.25, -0.2) is 9.18 Å². The van der Waals surface area contributed by atoms with Gasteiger partial charge in [0, 0.05) is 37.1 Å². The number of benzene rings is 1. The molecule has 2 aromatic rings. The molecule has 2 aliphatic rings. The number of nitrogens with zero attached hydrogens (tertiary/aromatic N) is 2. The number of amides is 1. The number of rotatable bonds is 6. The maximum absolute atomic E-state index is 15.5. The summed E-state index contributed by atoms with van der Waals surface area (Å²) < 4.78 is 88.7. The number of aromatic nitrogens is 1. The number of aryl methyl sites for hydroxylation is 1. The number of halogens is 4. The molecule has 1 atom stereocenters. The lowest BCUT2D eigenvalue weighted by Crippen LogP contribution is -2.36. The number of carbonyl (C=O) groups is 1. The second kappa shape index (κ2) is 9.62. The van der Waals surface area contributed by atoms with E-state index in [0.29, 0.717) is 45.0 Å². The van der Waals surface area contributed by atoms with Gasteiger partial charge < -0.3 is 23.7 Å². The van der Waals surface area contributed by atoms with E-state index in [1.807, 2.05) is 0 Å². The Kier molecular flexibility index (Phi) is 7.08. The first-order valence-electron chi connectivity index (χ1n) is 12.1. The first-order valence-corrected chi connectivity index (χ1v) is 13.5. The molecule has 9 nitrogen and oxygen atoms in total. The van der Waals surface area contributed by atoms with Crippen LogP contribution in [0.4, 0.5) is 28.0 Å². The molecule has 0 spiro atoms. The molecule has 1 saturated carbocycles. The fraction of sp³-hybridized carbons (Fsp3) is 0.583. The van der Waals surface area contributed by atoms with E-state index in [1.165, 1.54) is 11.5 Å². The van der Waals surface area contributed by atoms with Crippen LogP contribution in [0.25, 0.3) is 10.9 Å². The number of hydrogen-bond donors (Lipinski definition) is 1. The monoisotopic (exact) mass is 563 g/mol. The SMILES string of the molecule is Cc1c(N2CCC(CNC(=O)OC(C)(C)C)C2)c(F)cc2c(OS(=O)(=O)C(F)(F)F)cc(=O)n(C3CC3)c12. The fourth-order valence-electron chi connectivity index (χ4n) is 4.69. The molecule has 1 N–H and O–H groups in total. The molecule has 1 aromatic carbocycles. The predicted molar refractivity (Wildman–Crippen MR) is 131 cm³/mol. The van der Waals surface area contributed by atoms with Crippen molar-refractivity contribution in [3.63, 3.8) is 0 Å².